The molecule has 0 amide bonds. The molecule has 1 aliphatic carbocycles. The molecule has 2 aromatic rings. The highest BCUT2D eigenvalue weighted by molar-refractivity contribution is 7.89. The molecule has 1 saturated heterocycles. The van der Waals surface area contributed by atoms with Crippen molar-refractivity contribution in [3.05, 3.63) is 35.9 Å². The SMILES string of the molecule is CCCS(=O)(=O)N1CC2(CC(Oc3ncnc(Oc4cccnc4C)c3C)C2)C1. The Morgan fingerprint density at radius 2 is 1.90 bits per heavy atom. The maximum atomic E-state index is 12.1. The van der Waals surface area contributed by atoms with E-state index in [2.05, 4.69) is 15.0 Å². The minimum atomic E-state index is -3.09. The van der Waals surface area contributed by atoms with Crippen molar-refractivity contribution >= 4 is 10.0 Å². The number of pyridine rings is 1. The predicted octanol–water partition coefficient (Wildman–Crippen LogP) is 2.86. The van der Waals surface area contributed by atoms with Gasteiger partial charge >= 0.3 is 0 Å². The zero-order valence-corrected chi connectivity index (χ0v) is 17.8. The number of sulfonamides is 1. The lowest BCUT2D eigenvalue weighted by molar-refractivity contribution is -0.0885. The van der Waals surface area contributed by atoms with E-state index in [1.807, 2.05) is 32.9 Å². The van der Waals surface area contributed by atoms with E-state index in [4.69, 9.17) is 9.47 Å². The Kier molecular flexibility index (Phi) is 5.20. The molecule has 8 nitrogen and oxygen atoms in total. The fourth-order valence-corrected chi connectivity index (χ4v) is 5.73. The number of ether oxygens (including phenoxy) is 2. The highest BCUT2D eigenvalue weighted by Gasteiger charge is 2.56. The van der Waals surface area contributed by atoms with Crippen LogP contribution in [0.2, 0.25) is 0 Å². The van der Waals surface area contributed by atoms with Crippen LogP contribution in [0.15, 0.2) is 24.7 Å². The highest BCUT2D eigenvalue weighted by atomic mass is 32.2. The molecule has 9 heteroatoms. The highest BCUT2D eigenvalue weighted by Crippen LogP contribution is 2.50. The zero-order chi connectivity index (χ0) is 20.6. The van der Waals surface area contributed by atoms with Crippen molar-refractivity contribution in [2.24, 2.45) is 5.41 Å². The molecular weight excluding hydrogens is 392 g/mol. The van der Waals surface area contributed by atoms with Gasteiger partial charge in [-0.05, 0) is 45.2 Å². The van der Waals surface area contributed by atoms with E-state index < -0.39 is 10.0 Å². The number of aryl methyl sites for hydroxylation is 1. The van der Waals surface area contributed by atoms with E-state index in [0.29, 0.717) is 37.0 Å². The van der Waals surface area contributed by atoms with Crippen LogP contribution < -0.4 is 9.47 Å². The smallest absolute Gasteiger partial charge is 0.229 e. The van der Waals surface area contributed by atoms with Crippen LogP contribution >= 0.6 is 0 Å². The molecule has 4 rings (SSSR count). The number of hydrogen-bond donors (Lipinski definition) is 0. The summed E-state index contributed by atoms with van der Waals surface area (Å²) in [7, 11) is -3.09. The third-order valence-electron chi connectivity index (χ3n) is 5.64. The second-order valence-corrected chi connectivity index (χ2v) is 10.1. The molecule has 2 fully saturated rings. The van der Waals surface area contributed by atoms with Gasteiger partial charge in [-0.2, -0.15) is 0 Å². The molecule has 3 heterocycles. The van der Waals surface area contributed by atoms with E-state index in [1.165, 1.54) is 6.33 Å². The van der Waals surface area contributed by atoms with Crippen LogP contribution in [0, 0.1) is 19.3 Å². The van der Waals surface area contributed by atoms with E-state index in [-0.39, 0.29) is 17.3 Å². The summed E-state index contributed by atoms with van der Waals surface area (Å²) < 4.78 is 37.8. The van der Waals surface area contributed by atoms with Gasteiger partial charge in [-0.1, -0.05) is 6.92 Å². The molecule has 2 aliphatic rings. The van der Waals surface area contributed by atoms with Gasteiger partial charge in [0.05, 0.1) is 17.0 Å². The monoisotopic (exact) mass is 418 g/mol. The normalized spacial score (nSPS) is 18.9. The van der Waals surface area contributed by atoms with Gasteiger partial charge in [0.15, 0.2) is 5.75 Å². The number of hydrogen-bond acceptors (Lipinski definition) is 7. The molecule has 0 N–H and O–H groups in total. The van der Waals surface area contributed by atoms with Gasteiger partial charge in [0.2, 0.25) is 21.8 Å². The Labute approximate surface area is 171 Å². The van der Waals surface area contributed by atoms with Gasteiger partial charge < -0.3 is 9.47 Å². The summed E-state index contributed by atoms with van der Waals surface area (Å²) in [5.74, 6) is 1.82. The van der Waals surface area contributed by atoms with Gasteiger partial charge in [-0.3, -0.25) is 4.98 Å². The molecule has 1 spiro atoms. The Balaban J connectivity index is 1.36. The number of nitrogens with zero attached hydrogens (tertiary/aromatic N) is 4. The first kappa shape index (κ1) is 20.0. The van der Waals surface area contributed by atoms with E-state index in [1.54, 1.807) is 10.5 Å². The summed E-state index contributed by atoms with van der Waals surface area (Å²) in [5, 5.41) is 0. The Morgan fingerprint density at radius 3 is 2.59 bits per heavy atom. The minimum Gasteiger partial charge on any atom is -0.474 e. The molecule has 156 valence electrons. The predicted molar refractivity (Wildman–Crippen MR) is 108 cm³/mol. The molecular formula is C20H26N4O4S. The average molecular weight is 419 g/mol. The van der Waals surface area contributed by atoms with Crippen molar-refractivity contribution < 1.29 is 17.9 Å². The van der Waals surface area contributed by atoms with Crippen LogP contribution in [0.5, 0.6) is 17.5 Å². The molecule has 0 bridgehead atoms. The van der Waals surface area contributed by atoms with Gasteiger partial charge in [0, 0.05) is 24.7 Å². The molecule has 0 aromatic carbocycles. The van der Waals surface area contributed by atoms with E-state index in [9.17, 15) is 8.42 Å². The summed E-state index contributed by atoms with van der Waals surface area (Å²) in [4.78, 5) is 12.7. The quantitative estimate of drug-likeness (QED) is 0.682. The van der Waals surface area contributed by atoms with Crippen LogP contribution in [0.3, 0.4) is 0 Å². The van der Waals surface area contributed by atoms with Gasteiger partial charge in [-0.25, -0.2) is 22.7 Å². The van der Waals surface area contributed by atoms with Crippen LogP contribution in [0.25, 0.3) is 0 Å². The fourth-order valence-electron chi connectivity index (χ4n) is 4.01. The average Bonchev–Trinajstić information content (AvgIpc) is 2.60. The number of rotatable bonds is 7. The van der Waals surface area contributed by atoms with Gasteiger partial charge in [-0.15, -0.1) is 0 Å². The largest absolute Gasteiger partial charge is 0.474 e. The topological polar surface area (TPSA) is 94.5 Å². The second kappa shape index (κ2) is 7.53. The van der Waals surface area contributed by atoms with Gasteiger partial charge in [0.1, 0.15) is 12.4 Å². The van der Waals surface area contributed by atoms with E-state index >= 15 is 0 Å². The third-order valence-corrected chi connectivity index (χ3v) is 7.60. The van der Waals surface area contributed by atoms with Crippen molar-refractivity contribution in [2.75, 3.05) is 18.8 Å². The standard InChI is InChI=1S/C20H26N4O4S/c1-4-8-29(25,26)24-11-20(12-24)9-16(10-20)27-18-14(2)19(23-13-22-18)28-17-6-5-7-21-15(17)3/h5-7,13,16H,4,8-12H2,1-3H3. The molecule has 1 saturated carbocycles. The molecule has 0 radical (unpaired) electrons. The summed E-state index contributed by atoms with van der Waals surface area (Å²) in [6.07, 6.45) is 5.50. The summed E-state index contributed by atoms with van der Waals surface area (Å²) in [6.45, 7) is 6.84. The third kappa shape index (κ3) is 3.93. The summed E-state index contributed by atoms with van der Waals surface area (Å²) in [5.41, 5.74) is 1.58. The Hall–Kier alpha value is -2.26. The summed E-state index contributed by atoms with van der Waals surface area (Å²) >= 11 is 0. The van der Waals surface area contributed by atoms with Crippen LogP contribution in [-0.2, 0) is 10.0 Å². The van der Waals surface area contributed by atoms with Crippen LogP contribution in [0.1, 0.15) is 37.4 Å². The molecule has 29 heavy (non-hydrogen) atoms. The van der Waals surface area contributed by atoms with Crippen molar-refractivity contribution in [2.45, 2.75) is 46.1 Å². The number of aromatic nitrogens is 3. The van der Waals surface area contributed by atoms with Crippen molar-refractivity contribution in [1.82, 2.24) is 19.3 Å². The maximum absolute atomic E-state index is 12.1. The maximum Gasteiger partial charge on any atom is 0.229 e. The van der Waals surface area contributed by atoms with Crippen molar-refractivity contribution in [3.63, 3.8) is 0 Å². The minimum absolute atomic E-state index is 0.0348. The Morgan fingerprint density at radius 1 is 1.17 bits per heavy atom. The fraction of sp³-hybridized carbons (Fsp3) is 0.550. The van der Waals surface area contributed by atoms with Crippen molar-refractivity contribution in [1.29, 1.82) is 0 Å². The summed E-state index contributed by atoms with van der Waals surface area (Å²) in [6, 6.07) is 3.65. The van der Waals surface area contributed by atoms with Crippen molar-refractivity contribution in [3.8, 4) is 17.5 Å². The van der Waals surface area contributed by atoms with Crippen LogP contribution in [-0.4, -0.2) is 52.6 Å². The first-order valence-corrected chi connectivity index (χ1v) is 11.5. The lowest BCUT2D eigenvalue weighted by atomic mass is 9.63. The molecule has 0 unspecified atom stereocenters. The second-order valence-electron chi connectivity index (χ2n) is 8.03. The van der Waals surface area contributed by atoms with Gasteiger partial charge in [0.25, 0.3) is 0 Å². The Bertz CT molecular complexity index is 997. The first-order chi connectivity index (χ1) is 13.8. The lowest BCUT2D eigenvalue weighted by Gasteiger charge is -2.57. The first-order valence-electron chi connectivity index (χ1n) is 9.87. The molecule has 2 aromatic heterocycles. The molecule has 1 aliphatic heterocycles. The van der Waals surface area contributed by atoms with Crippen LogP contribution in [0.4, 0.5) is 0 Å². The van der Waals surface area contributed by atoms with E-state index in [0.717, 1.165) is 24.1 Å². The lowest BCUT2D eigenvalue weighted by Crippen LogP contribution is -2.66. The zero-order valence-electron chi connectivity index (χ0n) is 17.0. The molecule has 0 atom stereocenters.